The van der Waals surface area contributed by atoms with Gasteiger partial charge in [-0.1, -0.05) is 19.1 Å². The molecule has 1 amide bonds. The first kappa shape index (κ1) is 16.8. The maximum Gasteiger partial charge on any atom is 0.290 e. The molecule has 118 valence electrons. The smallest absolute Gasteiger partial charge is 0.290 e. The van der Waals surface area contributed by atoms with E-state index in [2.05, 4.69) is 31.2 Å². The third-order valence-electron chi connectivity index (χ3n) is 2.98. The maximum atomic E-state index is 12.1. The highest BCUT2D eigenvalue weighted by Crippen LogP contribution is 2.17. The Bertz CT molecular complexity index is 757. The van der Waals surface area contributed by atoms with Gasteiger partial charge in [0.15, 0.2) is 17.4 Å². The van der Waals surface area contributed by atoms with Gasteiger partial charge in [-0.15, -0.1) is 0 Å². The lowest BCUT2D eigenvalue weighted by Gasteiger charge is -2.09. The molecule has 1 aromatic carbocycles. The number of ketones is 1. The zero-order chi connectivity index (χ0) is 16.8. The largest absolute Gasteiger partial charge is 0.379 e. The molecule has 0 aliphatic carbocycles. The molecule has 0 atom stereocenters. The lowest BCUT2D eigenvalue weighted by Crippen LogP contribution is -2.30. The normalized spacial score (nSPS) is 11.1. The number of carbonyl (C=O) groups excluding carboxylic acids is 2. The number of pyridine rings is 1. The summed E-state index contributed by atoms with van der Waals surface area (Å²) in [5.41, 5.74) is 6.55. The molecule has 0 aliphatic rings. The summed E-state index contributed by atoms with van der Waals surface area (Å²) in [5, 5.41) is 2.60. The van der Waals surface area contributed by atoms with Crippen molar-refractivity contribution in [3.05, 3.63) is 52.6 Å². The van der Waals surface area contributed by atoms with Gasteiger partial charge in [0, 0.05) is 22.7 Å². The SMILES string of the molecule is CCC(=O)c1ccccc1NC(=O)C(N)=Nc1ccc(Br)cn1. The minimum absolute atomic E-state index is 0.0639. The molecular formula is C16H15BrN4O2. The van der Waals surface area contributed by atoms with Gasteiger partial charge in [0.25, 0.3) is 5.91 Å². The van der Waals surface area contributed by atoms with Crippen LogP contribution < -0.4 is 11.1 Å². The third-order valence-corrected chi connectivity index (χ3v) is 3.45. The number of nitrogens with two attached hydrogens (primary N) is 1. The van der Waals surface area contributed by atoms with E-state index in [-0.39, 0.29) is 11.6 Å². The molecule has 1 aromatic heterocycles. The molecule has 0 fully saturated rings. The van der Waals surface area contributed by atoms with Gasteiger partial charge in [-0.2, -0.15) is 0 Å². The Morgan fingerprint density at radius 1 is 1.26 bits per heavy atom. The van der Waals surface area contributed by atoms with Gasteiger partial charge >= 0.3 is 0 Å². The van der Waals surface area contributed by atoms with Crippen LogP contribution >= 0.6 is 15.9 Å². The summed E-state index contributed by atoms with van der Waals surface area (Å²) < 4.78 is 0.798. The van der Waals surface area contributed by atoms with Gasteiger partial charge in [-0.25, -0.2) is 9.98 Å². The summed E-state index contributed by atoms with van der Waals surface area (Å²) in [4.78, 5) is 32.0. The Balaban J connectivity index is 2.19. The van der Waals surface area contributed by atoms with Crippen LogP contribution in [0.4, 0.5) is 11.5 Å². The van der Waals surface area contributed by atoms with Crippen molar-refractivity contribution in [1.82, 2.24) is 4.98 Å². The number of amidine groups is 1. The Labute approximate surface area is 142 Å². The molecule has 7 heteroatoms. The second kappa shape index (κ2) is 7.64. The lowest BCUT2D eigenvalue weighted by molar-refractivity contribution is -0.110. The number of aliphatic imine (C=N–C) groups is 1. The van der Waals surface area contributed by atoms with Crippen LogP contribution in [0, 0.1) is 0 Å². The molecular weight excluding hydrogens is 360 g/mol. The first-order valence-electron chi connectivity index (χ1n) is 6.90. The van der Waals surface area contributed by atoms with Crippen molar-refractivity contribution in [3.63, 3.8) is 0 Å². The predicted octanol–water partition coefficient (Wildman–Crippen LogP) is 3.06. The van der Waals surface area contributed by atoms with E-state index in [1.54, 1.807) is 49.5 Å². The van der Waals surface area contributed by atoms with Crippen molar-refractivity contribution in [1.29, 1.82) is 0 Å². The number of rotatable bonds is 4. The van der Waals surface area contributed by atoms with E-state index in [4.69, 9.17) is 5.73 Å². The number of hydrogen-bond donors (Lipinski definition) is 2. The highest BCUT2D eigenvalue weighted by molar-refractivity contribution is 9.10. The average Bonchev–Trinajstić information content (AvgIpc) is 2.56. The number of nitrogens with zero attached hydrogens (tertiary/aromatic N) is 2. The Morgan fingerprint density at radius 2 is 2.00 bits per heavy atom. The summed E-state index contributed by atoms with van der Waals surface area (Å²) in [6.07, 6.45) is 1.90. The van der Waals surface area contributed by atoms with Gasteiger partial charge in [0.05, 0.1) is 5.69 Å². The van der Waals surface area contributed by atoms with E-state index >= 15 is 0 Å². The van der Waals surface area contributed by atoms with Gasteiger partial charge in [-0.3, -0.25) is 9.59 Å². The molecule has 0 saturated heterocycles. The van der Waals surface area contributed by atoms with Crippen LogP contribution in [0.3, 0.4) is 0 Å². The van der Waals surface area contributed by atoms with Crippen LogP contribution in [-0.2, 0) is 4.79 Å². The Hall–Kier alpha value is -2.54. The number of nitrogens with one attached hydrogen (secondary N) is 1. The van der Waals surface area contributed by atoms with Crippen LogP contribution in [0.25, 0.3) is 0 Å². The molecule has 0 radical (unpaired) electrons. The van der Waals surface area contributed by atoms with Crippen molar-refractivity contribution in [2.45, 2.75) is 13.3 Å². The Kier molecular flexibility index (Phi) is 5.59. The van der Waals surface area contributed by atoms with E-state index in [0.717, 1.165) is 4.47 Å². The Morgan fingerprint density at radius 3 is 2.65 bits per heavy atom. The first-order valence-corrected chi connectivity index (χ1v) is 7.70. The van der Waals surface area contributed by atoms with Gasteiger partial charge < -0.3 is 11.1 Å². The third kappa shape index (κ3) is 4.46. The number of Topliss-reactive ketones (excluding diaryl/α,β-unsaturated/α-hetero) is 1. The molecule has 2 aromatic rings. The minimum Gasteiger partial charge on any atom is -0.379 e. The van der Waals surface area contributed by atoms with E-state index in [9.17, 15) is 9.59 Å². The quantitative estimate of drug-likeness (QED) is 0.488. The second-order valence-corrected chi connectivity index (χ2v) is 5.52. The van der Waals surface area contributed by atoms with Crippen molar-refractivity contribution >= 4 is 45.0 Å². The fraction of sp³-hybridized carbons (Fsp3) is 0.125. The number of aromatic nitrogens is 1. The molecule has 3 N–H and O–H groups in total. The molecule has 0 aliphatic heterocycles. The van der Waals surface area contributed by atoms with E-state index < -0.39 is 5.91 Å². The zero-order valence-corrected chi connectivity index (χ0v) is 14.0. The zero-order valence-electron chi connectivity index (χ0n) is 12.4. The number of halogens is 1. The van der Waals surface area contributed by atoms with Crippen molar-refractivity contribution < 1.29 is 9.59 Å². The van der Waals surface area contributed by atoms with Gasteiger partial charge in [0.2, 0.25) is 0 Å². The van der Waals surface area contributed by atoms with Crippen LogP contribution in [-0.4, -0.2) is 22.5 Å². The molecule has 6 nitrogen and oxygen atoms in total. The van der Waals surface area contributed by atoms with Crippen molar-refractivity contribution in [3.8, 4) is 0 Å². The van der Waals surface area contributed by atoms with Crippen molar-refractivity contribution in [2.75, 3.05) is 5.32 Å². The summed E-state index contributed by atoms with van der Waals surface area (Å²) in [5.74, 6) is -0.575. The van der Waals surface area contributed by atoms with Crippen molar-refractivity contribution in [2.24, 2.45) is 10.7 Å². The molecule has 0 bridgehead atoms. The number of anilines is 1. The number of para-hydroxylation sites is 1. The average molecular weight is 375 g/mol. The summed E-state index contributed by atoms with van der Waals surface area (Å²) in [7, 11) is 0. The monoisotopic (exact) mass is 374 g/mol. The van der Waals surface area contributed by atoms with E-state index in [1.807, 2.05) is 0 Å². The second-order valence-electron chi connectivity index (χ2n) is 4.61. The van der Waals surface area contributed by atoms with Gasteiger partial charge in [0.1, 0.15) is 0 Å². The van der Waals surface area contributed by atoms with Crippen LogP contribution in [0.5, 0.6) is 0 Å². The van der Waals surface area contributed by atoms with Gasteiger partial charge in [-0.05, 0) is 40.2 Å². The molecule has 0 saturated carbocycles. The molecule has 0 spiro atoms. The highest BCUT2D eigenvalue weighted by Gasteiger charge is 2.13. The summed E-state index contributed by atoms with van der Waals surface area (Å²) in [6, 6.07) is 10.1. The molecule has 1 heterocycles. The number of amides is 1. The molecule has 0 unspecified atom stereocenters. The fourth-order valence-corrected chi connectivity index (χ4v) is 2.05. The molecule has 2 rings (SSSR count). The number of hydrogen-bond acceptors (Lipinski definition) is 4. The first-order chi connectivity index (χ1) is 11.0. The summed E-state index contributed by atoms with van der Waals surface area (Å²) >= 11 is 3.26. The predicted molar refractivity (Wildman–Crippen MR) is 92.9 cm³/mol. The molecule has 23 heavy (non-hydrogen) atoms. The number of carbonyl (C=O) groups is 2. The van der Waals surface area contributed by atoms with Crippen LogP contribution in [0.15, 0.2) is 52.1 Å². The minimum atomic E-state index is -0.592. The number of benzene rings is 1. The van der Waals surface area contributed by atoms with Crippen LogP contribution in [0.2, 0.25) is 0 Å². The van der Waals surface area contributed by atoms with E-state index in [0.29, 0.717) is 23.5 Å². The topological polar surface area (TPSA) is 97.4 Å². The maximum absolute atomic E-state index is 12.1. The summed E-state index contributed by atoms with van der Waals surface area (Å²) in [6.45, 7) is 1.76. The van der Waals surface area contributed by atoms with Crippen LogP contribution in [0.1, 0.15) is 23.7 Å². The standard InChI is InChI=1S/C16H15BrN4O2/c1-2-13(22)11-5-3-4-6-12(11)20-16(23)15(18)21-14-8-7-10(17)9-19-14/h3-9H,2H2,1H3,(H,20,23)(H2,18,19,21). The van der Waals surface area contributed by atoms with E-state index in [1.165, 1.54) is 0 Å². The fourth-order valence-electron chi connectivity index (χ4n) is 1.82. The highest BCUT2D eigenvalue weighted by atomic mass is 79.9. The lowest BCUT2D eigenvalue weighted by atomic mass is 10.1.